The highest BCUT2D eigenvalue weighted by atomic mass is 35.5. The first-order chi connectivity index (χ1) is 33.1. The van der Waals surface area contributed by atoms with Crippen molar-refractivity contribution in [1.29, 1.82) is 5.26 Å². The number of aryl methyl sites for hydroxylation is 1. The van der Waals surface area contributed by atoms with Crippen LogP contribution in [0.4, 0.5) is 5.69 Å². The summed E-state index contributed by atoms with van der Waals surface area (Å²) in [7, 11) is 0. The van der Waals surface area contributed by atoms with E-state index in [9.17, 15) is 24.4 Å². The molecule has 16 heteroatoms. The Balaban J connectivity index is 0.831. The monoisotopic (exact) mass is 992 g/mol. The van der Waals surface area contributed by atoms with E-state index in [1.165, 1.54) is 0 Å². The largest absolute Gasteiger partial charge is 0.489 e. The first-order valence-corrected chi connectivity index (χ1v) is 25.6. The first-order valence-electron chi connectivity index (χ1n) is 24.3. The smallest absolute Gasteiger partial charge is 0.251 e. The Hall–Kier alpha value is -5.53. The van der Waals surface area contributed by atoms with Gasteiger partial charge in [-0.1, -0.05) is 91.3 Å². The average Bonchev–Trinajstić information content (AvgIpc) is 3.95. The molecule has 374 valence electrons. The van der Waals surface area contributed by atoms with E-state index in [0.29, 0.717) is 48.0 Å². The lowest BCUT2D eigenvalue weighted by molar-refractivity contribution is -0.164. The number of rotatable bonds is 16. The number of amides is 4. The fraction of sp³-hybridized carbons (Fsp3) is 0.519. The number of thiazole rings is 1. The molecule has 3 N–H and O–H groups in total. The number of anilines is 1. The molecule has 0 bridgehead atoms. The third-order valence-corrected chi connectivity index (χ3v) is 15.7. The second-order valence-electron chi connectivity index (χ2n) is 21.6. The summed E-state index contributed by atoms with van der Waals surface area (Å²) in [6.45, 7) is 24.5. The summed E-state index contributed by atoms with van der Waals surface area (Å²) >= 11 is 7.86. The molecule has 70 heavy (non-hydrogen) atoms. The zero-order chi connectivity index (χ0) is 50.7. The van der Waals surface area contributed by atoms with E-state index in [1.807, 2.05) is 95.6 Å². The molecule has 1 aromatic heterocycles. The summed E-state index contributed by atoms with van der Waals surface area (Å²) in [5, 5.41) is 19.0. The number of hydrogen-bond acceptors (Lipinski definition) is 11. The fourth-order valence-corrected chi connectivity index (χ4v) is 11.7. The van der Waals surface area contributed by atoms with Crippen LogP contribution < -0.4 is 25.6 Å². The van der Waals surface area contributed by atoms with Crippen molar-refractivity contribution in [2.75, 3.05) is 57.4 Å². The number of nitrogens with zero attached hydrogens (tertiary/aromatic N) is 5. The van der Waals surface area contributed by atoms with Crippen LogP contribution in [0.3, 0.4) is 0 Å². The van der Waals surface area contributed by atoms with E-state index in [4.69, 9.17) is 21.1 Å². The lowest BCUT2D eigenvalue weighted by atomic mass is 9.49. The summed E-state index contributed by atoms with van der Waals surface area (Å²) in [5.41, 5.74) is 5.53. The zero-order valence-corrected chi connectivity index (χ0v) is 43.8. The zero-order valence-electron chi connectivity index (χ0n) is 42.2. The number of benzene rings is 3. The SMILES string of the molecule is Cc1ncsc1-c1ccc([C@H](C)NC(=O)[C@@H]2C[C@@H](C)CN2C(=O)[C@@H](NC(=O)COCCN2CCN(c3ccc(C(=O)N[C@H]4C(C)(C)[C@H](Oc5ccc(C#N)c(Cl)c5)C4(C)C)cc3)CC2)C(C)(C)C)cc1. The van der Waals surface area contributed by atoms with Gasteiger partial charge in [0.1, 0.15) is 36.6 Å². The third-order valence-electron chi connectivity index (χ3n) is 14.4. The molecule has 0 spiro atoms. The van der Waals surface area contributed by atoms with Gasteiger partial charge in [0, 0.05) is 73.5 Å². The van der Waals surface area contributed by atoms with Gasteiger partial charge in [0.2, 0.25) is 17.7 Å². The third kappa shape index (κ3) is 11.6. The Kier molecular flexibility index (Phi) is 16.0. The molecule has 14 nitrogen and oxygen atoms in total. The molecule has 3 heterocycles. The number of halogens is 1. The maximum absolute atomic E-state index is 14.3. The number of carbonyl (C=O) groups excluding carboxylic acids is 4. The Morgan fingerprint density at radius 3 is 2.23 bits per heavy atom. The van der Waals surface area contributed by atoms with E-state index in [1.54, 1.807) is 34.4 Å². The lowest BCUT2D eigenvalue weighted by Crippen LogP contribution is -2.74. The fourth-order valence-electron chi connectivity index (χ4n) is 10.7. The standard InChI is InChI=1S/C54H69ClN8O6S/c1-33-27-43(48(66)58-34(2)36-11-13-37(14-12-36)45-35(3)57-32-70-45)63(30-33)49(67)46(52(4,5)6)59-44(64)31-68-26-25-61-21-23-62(24-22-61)40-18-15-38(16-19-40)47(65)60-50-53(7,8)51(54(50,9)10)69-41-20-17-39(29-56)42(55)28-41/h11-20,28,32-34,43,46,50-51H,21-27,30-31H2,1-10H3,(H,58,66)(H,59,64)(H,60,65)/t33-,34+,43+,46-,50-,51-/m1/s1. The van der Waals surface area contributed by atoms with Crippen LogP contribution in [-0.4, -0.2) is 115 Å². The van der Waals surface area contributed by atoms with Gasteiger partial charge in [-0.05, 0) is 79.1 Å². The van der Waals surface area contributed by atoms with Crippen LogP contribution in [0.5, 0.6) is 5.75 Å². The Morgan fingerprint density at radius 1 is 0.957 bits per heavy atom. The molecule has 3 fully saturated rings. The second-order valence-corrected chi connectivity index (χ2v) is 22.8. The molecular formula is C54H69ClN8O6S. The molecule has 0 radical (unpaired) electrons. The molecule has 3 aromatic carbocycles. The van der Waals surface area contributed by atoms with Crippen molar-refractivity contribution >= 4 is 52.3 Å². The summed E-state index contributed by atoms with van der Waals surface area (Å²) in [5.74, 6) is -0.285. The van der Waals surface area contributed by atoms with Gasteiger partial charge >= 0.3 is 0 Å². The van der Waals surface area contributed by atoms with E-state index in [0.717, 1.165) is 53.6 Å². The van der Waals surface area contributed by atoms with E-state index in [2.05, 4.69) is 64.5 Å². The molecular weight excluding hydrogens is 924 g/mol. The van der Waals surface area contributed by atoms with Crippen molar-refractivity contribution in [3.8, 4) is 22.3 Å². The maximum Gasteiger partial charge on any atom is 0.251 e. The minimum Gasteiger partial charge on any atom is -0.489 e. The number of likely N-dealkylation sites (tertiary alicyclic amines) is 1. The predicted molar refractivity (Wildman–Crippen MR) is 275 cm³/mol. The summed E-state index contributed by atoms with van der Waals surface area (Å²) < 4.78 is 12.2. The Labute approximate surface area is 422 Å². The maximum atomic E-state index is 14.3. The van der Waals surface area contributed by atoms with Gasteiger partial charge in [-0.3, -0.25) is 24.1 Å². The predicted octanol–water partition coefficient (Wildman–Crippen LogP) is 8.04. The van der Waals surface area contributed by atoms with Crippen LogP contribution in [0.15, 0.2) is 72.2 Å². The van der Waals surface area contributed by atoms with E-state index < -0.39 is 17.5 Å². The van der Waals surface area contributed by atoms with Crippen molar-refractivity contribution in [3.05, 3.63) is 99.6 Å². The first kappa shape index (κ1) is 52.3. The summed E-state index contributed by atoms with van der Waals surface area (Å²) in [6, 6.07) is 21.1. The number of hydrogen-bond donors (Lipinski definition) is 3. The van der Waals surface area contributed by atoms with Crippen LogP contribution in [0.2, 0.25) is 5.02 Å². The van der Waals surface area contributed by atoms with Crippen LogP contribution in [0.25, 0.3) is 10.4 Å². The Bertz CT molecular complexity index is 2550. The second kappa shape index (κ2) is 21.4. The molecule has 0 unspecified atom stereocenters. The molecule has 4 atom stereocenters. The number of nitriles is 1. The van der Waals surface area contributed by atoms with Crippen molar-refractivity contribution in [2.24, 2.45) is 22.2 Å². The quantitative estimate of drug-likeness (QED) is 0.0935. The molecule has 3 aliphatic rings. The number of carbonyl (C=O) groups is 4. The van der Waals surface area contributed by atoms with E-state index >= 15 is 0 Å². The van der Waals surface area contributed by atoms with Crippen molar-refractivity contribution < 1.29 is 28.7 Å². The molecule has 1 aliphatic carbocycles. The topological polar surface area (TPSA) is 169 Å². The molecule has 4 amide bonds. The van der Waals surface area contributed by atoms with E-state index in [-0.39, 0.29) is 65.2 Å². The van der Waals surface area contributed by atoms with Crippen molar-refractivity contribution in [1.82, 2.24) is 30.7 Å². The molecule has 2 aliphatic heterocycles. The van der Waals surface area contributed by atoms with Crippen LogP contribution >= 0.6 is 22.9 Å². The number of nitrogens with one attached hydrogen (secondary N) is 3. The highest BCUT2D eigenvalue weighted by Crippen LogP contribution is 2.55. The molecule has 4 aromatic rings. The van der Waals surface area contributed by atoms with Crippen molar-refractivity contribution in [2.45, 2.75) is 106 Å². The minimum atomic E-state index is -0.849. The van der Waals surface area contributed by atoms with Gasteiger partial charge in [-0.15, -0.1) is 11.3 Å². The van der Waals surface area contributed by atoms with Crippen LogP contribution in [0.1, 0.15) is 102 Å². The number of ether oxygens (including phenoxy) is 2. The highest BCUT2D eigenvalue weighted by molar-refractivity contribution is 7.13. The van der Waals surface area contributed by atoms with Gasteiger partial charge in [-0.25, -0.2) is 4.98 Å². The summed E-state index contributed by atoms with van der Waals surface area (Å²) in [6.07, 6.45) is 0.342. The highest BCUT2D eigenvalue weighted by Gasteiger charge is 2.64. The lowest BCUT2D eigenvalue weighted by Gasteiger charge is -2.63. The average molecular weight is 994 g/mol. The van der Waals surface area contributed by atoms with Gasteiger partial charge in [0.15, 0.2) is 0 Å². The van der Waals surface area contributed by atoms with Gasteiger partial charge in [0.05, 0.1) is 39.3 Å². The summed E-state index contributed by atoms with van der Waals surface area (Å²) in [4.78, 5) is 66.6. The molecule has 2 saturated heterocycles. The normalized spacial score (nSPS) is 21.7. The Morgan fingerprint density at radius 2 is 1.63 bits per heavy atom. The van der Waals surface area contributed by atoms with Crippen LogP contribution in [-0.2, 0) is 19.1 Å². The van der Waals surface area contributed by atoms with Gasteiger partial charge in [-0.2, -0.15) is 5.26 Å². The van der Waals surface area contributed by atoms with Gasteiger partial charge in [0.25, 0.3) is 5.91 Å². The number of aromatic nitrogens is 1. The van der Waals surface area contributed by atoms with Crippen LogP contribution in [0, 0.1) is 40.4 Å². The van der Waals surface area contributed by atoms with Crippen molar-refractivity contribution in [3.63, 3.8) is 0 Å². The molecule has 7 rings (SSSR count). The molecule has 1 saturated carbocycles. The minimum absolute atomic E-state index is 0.122. The number of piperazine rings is 1. The van der Waals surface area contributed by atoms with Gasteiger partial charge < -0.3 is 35.2 Å².